The Labute approximate surface area is 225 Å². The lowest BCUT2D eigenvalue weighted by atomic mass is 10.0. The van der Waals surface area contributed by atoms with E-state index >= 15 is 0 Å². The maximum Gasteiger partial charge on any atom is 0.247 e. The van der Waals surface area contributed by atoms with E-state index in [1.54, 1.807) is 13.2 Å². The van der Waals surface area contributed by atoms with Crippen LogP contribution in [0, 0.1) is 5.82 Å². The minimum atomic E-state index is -1.04. The summed E-state index contributed by atoms with van der Waals surface area (Å²) in [7, 11) is 1.55. The van der Waals surface area contributed by atoms with Gasteiger partial charge in [0.15, 0.2) is 0 Å². The number of hydrogen-bond donors (Lipinski definition) is 1. The average molecular weight is 532 g/mol. The van der Waals surface area contributed by atoms with Gasteiger partial charge in [-0.15, -0.1) is 5.10 Å². The Morgan fingerprint density at radius 1 is 1.13 bits per heavy atom. The highest BCUT2D eigenvalue weighted by Gasteiger charge is 2.33. The molecule has 1 fully saturated rings. The number of fused-ring (bicyclic) bond motifs is 1. The summed E-state index contributed by atoms with van der Waals surface area (Å²) >= 11 is 0. The van der Waals surface area contributed by atoms with E-state index in [-0.39, 0.29) is 31.0 Å². The van der Waals surface area contributed by atoms with E-state index in [0.29, 0.717) is 35.5 Å². The first-order chi connectivity index (χ1) is 19.0. The van der Waals surface area contributed by atoms with Crippen LogP contribution < -0.4 is 10.1 Å². The van der Waals surface area contributed by atoms with Crippen molar-refractivity contribution < 1.29 is 23.5 Å². The van der Waals surface area contributed by atoms with Crippen LogP contribution in [0.5, 0.6) is 5.75 Å². The van der Waals surface area contributed by atoms with Crippen molar-refractivity contribution >= 4 is 22.8 Å². The molecule has 0 spiro atoms. The molecule has 3 aromatic carbocycles. The van der Waals surface area contributed by atoms with Gasteiger partial charge in [0.2, 0.25) is 11.8 Å². The fourth-order valence-electron chi connectivity index (χ4n) is 4.83. The number of rotatable bonds is 10. The van der Waals surface area contributed by atoms with E-state index in [0.717, 1.165) is 18.4 Å². The van der Waals surface area contributed by atoms with Crippen molar-refractivity contribution in [3.8, 4) is 5.75 Å². The normalized spacial score (nSPS) is 15.7. The number of benzene rings is 3. The molecular weight excluding hydrogens is 501 g/mol. The van der Waals surface area contributed by atoms with Gasteiger partial charge in [-0.05, 0) is 48.7 Å². The molecule has 10 heteroatoms. The van der Waals surface area contributed by atoms with Crippen LogP contribution in [0.3, 0.4) is 0 Å². The molecule has 0 aliphatic carbocycles. The standard InChI is InChI=1S/C29H30FN5O4/c1-38-26-11-5-2-7-21(26)18-34(27(36)19-35-25-10-4-3-9-24(25)32-33-35)28(20-12-14-22(30)15-13-20)29(37)31-17-23-8-6-16-39-23/h2-5,7,9-15,23,28H,6,8,16-19H2,1H3,(H,31,37)/t23-,28-/m0/s1. The highest BCUT2D eigenvalue weighted by Crippen LogP contribution is 2.28. The molecule has 0 saturated carbocycles. The third-order valence-electron chi connectivity index (χ3n) is 6.83. The van der Waals surface area contributed by atoms with Crippen molar-refractivity contribution in [3.05, 3.63) is 89.7 Å². The molecule has 1 aliphatic rings. The second kappa shape index (κ2) is 12.0. The van der Waals surface area contributed by atoms with Crippen LogP contribution in [0.15, 0.2) is 72.8 Å². The predicted octanol–water partition coefficient (Wildman–Crippen LogP) is 3.64. The van der Waals surface area contributed by atoms with Gasteiger partial charge < -0.3 is 19.7 Å². The molecule has 0 bridgehead atoms. The lowest BCUT2D eigenvalue weighted by molar-refractivity contribution is -0.142. The summed E-state index contributed by atoms with van der Waals surface area (Å²) in [4.78, 5) is 29.3. The number of nitrogens with one attached hydrogen (secondary N) is 1. The second-order valence-corrected chi connectivity index (χ2v) is 9.40. The van der Waals surface area contributed by atoms with Crippen LogP contribution in [0.25, 0.3) is 11.0 Å². The molecular formula is C29H30FN5O4. The van der Waals surface area contributed by atoms with Crippen molar-refractivity contribution in [1.29, 1.82) is 0 Å². The van der Waals surface area contributed by atoms with E-state index in [9.17, 15) is 14.0 Å². The van der Waals surface area contributed by atoms with Crippen LogP contribution in [0.1, 0.15) is 30.0 Å². The number of para-hydroxylation sites is 2. The van der Waals surface area contributed by atoms with Gasteiger partial charge in [0.1, 0.15) is 29.7 Å². The van der Waals surface area contributed by atoms with Crippen LogP contribution in [0.4, 0.5) is 4.39 Å². The molecule has 1 aromatic heterocycles. The van der Waals surface area contributed by atoms with Gasteiger partial charge in [-0.2, -0.15) is 0 Å². The fraction of sp³-hybridized carbons (Fsp3) is 0.310. The zero-order valence-electron chi connectivity index (χ0n) is 21.6. The van der Waals surface area contributed by atoms with E-state index in [4.69, 9.17) is 9.47 Å². The number of carbonyl (C=O) groups is 2. The molecule has 2 heterocycles. The summed E-state index contributed by atoms with van der Waals surface area (Å²) in [6.45, 7) is 0.907. The zero-order chi connectivity index (χ0) is 27.2. The molecule has 1 aliphatic heterocycles. The molecule has 39 heavy (non-hydrogen) atoms. The number of aromatic nitrogens is 3. The lowest BCUT2D eigenvalue weighted by Crippen LogP contribution is -2.46. The molecule has 9 nitrogen and oxygen atoms in total. The molecule has 4 aromatic rings. The Hall–Kier alpha value is -4.31. The largest absolute Gasteiger partial charge is 0.496 e. The first-order valence-corrected chi connectivity index (χ1v) is 12.9. The maximum absolute atomic E-state index is 14.0. The number of ether oxygens (including phenoxy) is 2. The summed E-state index contributed by atoms with van der Waals surface area (Å²) in [6.07, 6.45) is 1.71. The minimum Gasteiger partial charge on any atom is -0.496 e. The van der Waals surface area contributed by atoms with Crippen LogP contribution >= 0.6 is 0 Å². The summed E-state index contributed by atoms with van der Waals surface area (Å²) in [5, 5.41) is 11.3. The van der Waals surface area contributed by atoms with Gasteiger partial charge >= 0.3 is 0 Å². The van der Waals surface area contributed by atoms with Crippen molar-refractivity contribution in [2.75, 3.05) is 20.3 Å². The number of carbonyl (C=O) groups excluding carboxylic acids is 2. The number of amides is 2. The van der Waals surface area contributed by atoms with Crippen molar-refractivity contribution in [2.24, 2.45) is 0 Å². The van der Waals surface area contributed by atoms with E-state index in [1.165, 1.54) is 33.8 Å². The van der Waals surface area contributed by atoms with Crippen molar-refractivity contribution in [2.45, 2.75) is 38.1 Å². The Bertz CT molecular complexity index is 1440. The summed E-state index contributed by atoms with van der Waals surface area (Å²) in [6, 6.07) is 19.2. The van der Waals surface area contributed by atoms with Crippen LogP contribution in [-0.2, 0) is 27.4 Å². The summed E-state index contributed by atoms with van der Waals surface area (Å²) in [5.74, 6) is -0.602. The predicted molar refractivity (Wildman–Crippen MR) is 142 cm³/mol. The number of methoxy groups -OCH3 is 1. The molecule has 2 atom stereocenters. The highest BCUT2D eigenvalue weighted by molar-refractivity contribution is 5.89. The smallest absolute Gasteiger partial charge is 0.247 e. The first kappa shape index (κ1) is 26.3. The molecule has 0 radical (unpaired) electrons. The van der Waals surface area contributed by atoms with Gasteiger partial charge in [0.25, 0.3) is 0 Å². The number of halogens is 1. The van der Waals surface area contributed by atoms with Crippen LogP contribution in [0.2, 0.25) is 0 Å². The highest BCUT2D eigenvalue weighted by atomic mass is 19.1. The minimum absolute atomic E-state index is 0.0743. The molecule has 202 valence electrons. The average Bonchev–Trinajstić information content (AvgIpc) is 3.63. The molecule has 1 N–H and O–H groups in total. The monoisotopic (exact) mass is 531 g/mol. The lowest BCUT2D eigenvalue weighted by Gasteiger charge is -2.32. The third kappa shape index (κ3) is 6.06. The second-order valence-electron chi connectivity index (χ2n) is 9.40. The van der Waals surface area contributed by atoms with Gasteiger partial charge in [-0.3, -0.25) is 9.59 Å². The third-order valence-corrected chi connectivity index (χ3v) is 6.83. The van der Waals surface area contributed by atoms with Crippen molar-refractivity contribution in [3.63, 3.8) is 0 Å². The molecule has 5 rings (SSSR count). The zero-order valence-corrected chi connectivity index (χ0v) is 21.6. The Morgan fingerprint density at radius 3 is 2.67 bits per heavy atom. The molecule has 0 unspecified atom stereocenters. The quantitative estimate of drug-likeness (QED) is 0.336. The van der Waals surface area contributed by atoms with E-state index in [2.05, 4.69) is 15.6 Å². The number of nitrogens with zero attached hydrogens (tertiary/aromatic N) is 4. The van der Waals surface area contributed by atoms with Crippen molar-refractivity contribution in [1.82, 2.24) is 25.2 Å². The Balaban J connectivity index is 1.51. The van der Waals surface area contributed by atoms with E-state index < -0.39 is 11.9 Å². The Kier molecular flexibility index (Phi) is 8.12. The fourth-order valence-corrected chi connectivity index (χ4v) is 4.83. The van der Waals surface area contributed by atoms with Gasteiger partial charge in [-0.25, -0.2) is 9.07 Å². The molecule has 2 amide bonds. The van der Waals surface area contributed by atoms with E-state index in [1.807, 2.05) is 42.5 Å². The topological polar surface area (TPSA) is 98.6 Å². The summed E-state index contributed by atoms with van der Waals surface area (Å²) in [5.41, 5.74) is 2.55. The Morgan fingerprint density at radius 2 is 1.90 bits per heavy atom. The summed E-state index contributed by atoms with van der Waals surface area (Å²) < 4.78 is 26.6. The maximum atomic E-state index is 14.0. The van der Waals surface area contributed by atoms with Gasteiger partial charge in [0.05, 0.1) is 25.3 Å². The van der Waals surface area contributed by atoms with Gasteiger partial charge in [-0.1, -0.05) is 47.7 Å². The SMILES string of the molecule is COc1ccccc1CN(C(=O)Cn1nnc2ccccc21)[C@H](C(=O)NC[C@@H]1CCCO1)c1ccc(F)cc1. The van der Waals surface area contributed by atoms with Gasteiger partial charge in [0, 0.05) is 18.7 Å². The first-order valence-electron chi connectivity index (χ1n) is 12.9. The molecule has 1 saturated heterocycles. The van der Waals surface area contributed by atoms with Crippen LogP contribution in [-0.4, -0.2) is 58.1 Å². The number of hydrogen-bond acceptors (Lipinski definition) is 6.